The van der Waals surface area contributed by atoms with Gasteiger partial charge in [0.2, 0.25) is 0 Å². The summed E-state index contributed by atoms with van der Waals surface area (Å²) in [7, 11) is 3.71. The second-order valence-electron chi connectivity index (χ2n) is 7.36. The van der Waals surface area contributed by atoms with E-state index in [1.165, 1.54) is 17.8 Å². The fourth-order valence-electron chi connectivity index (χ4n) is 4.60. The molecule has 0 unspecified atom stereocenters. The molecule has 2 saturated heterocycles. The maximum absolute atomic E-state index is 13.4. The molecule has 2 fully saturated rings. The van der Waals surface area contributed by atoms with Crippen molar-refractivity contribution in [3.8, 4) is 5.75 Å². The van der Waals surface area contributed by atoms with Crippen molar-refractivity contribution in [3.63, 3.8) is 0 Å². The standard InChI is InChI=1S/C20H22F3N3O.2ClH/c1-25-10-14-11-26(19-17(20(21,22)23)4-3-9-24-19)12-16(14)18(25)13-5-7-15(27-2)8-6-13;;/h3-9,14,16,18H,10-12H2,1-2H3;2*1H/t14-,16+,18+;;/m0../s1. The van der Waals surface area contributed by atoms with Gasteiger partial charge in [0.05, 0.1) is 12.7 Å². The van der Waals surface area contributed by atoms with Gasteiger partial charge in [-0.3, -0.25) is 4.90 Å². The molecule has 0 spiro atoms. The average Bonchev–Trinajstić information content (AvgIpc) is 3.17. The second-order valence-corrected chi connectivity index (χ2v) is 7.36. The van der Waals surface area contributed by atoms with E-state index >= 15 is 0 Å². The number of rotatable bonds is 3. The highest BCUT2D eigenvalue weighted by atomic mass is 35.5. The number of aromatic nitrogens is 1. The van der Waals surface area contributed by atoms with Gasteiger partial charge in [-0.1, -0.05) is 12.1 Å². The van der Waals surface area contributed by atoms with Gasteiger partial charge in [-0.15, -0.1) is 24.8 Å². The van der Waals surface area contributed by atoms with Gasteiger partial charge >= 0.3 is 6.18 Å². The highest BCUT2D eigenvalue weighted by Crippen LogP contribution is 2.46. The maximum atomic E-state index is 13.4. The molecule has 3 atom stereocenters. The summed E-state index contributed by atoms with van der Waals surface area (Å²) in [5.74, 6) is 1.44. The number of benzene rings is 1. The number of nitrogens with zero attached hydrogens (tertiary/aromatic N) is 3. The second kappa shape index (κ2) is 8.98. The Kier molecular flexibility index (Phi) is 7.30. The van der Waals surface area contributed by atoms with Crippen LogP contribution < -0.4 is 9.64 Å². The van der Waals surface area contributed by atoms with Crippen LogP contribution in [0, 0.1) is 11.8 Å². The first-order valence-corrected chi connectivity index (χ1v) is 9.00. The lowest BCUT2D eigenvalue weighted by atomic mass is 9.89. The van der Waals surface area contributed by atoms with Crippen LogP contribution in [0.4, 0.5) is 19.0 Å². The monoisotopic (exact) mass is 449 g/mol. The van der Waals surface area contributed by atoms with Crippen molar-refractivity contribution in [2.45, 2.75) is 12.2 Å². The number of methoxy groups -OCH3 is 1. The average molecular weight is 450 g/mol. The van der Waals surface area contributed by atoms with E-state index in [9.17, 15) is 13.2 Å². The molecule has 1 aromatic carbocycles. The molecule has 0 bridgehead atoms. The Morgan fingerprint density at radius 2 is 1.72 bits per heavy atom. The van der Waals surface area contributed by atoms with Crippen molar-refractivity contribution < 1.29 is 17.9 Å². The number of hydrogen-bond donors (Lipinski definition) is 0. The van der Waals surface area contributed by atoms with Gasteiger partial charge in [0, 0.05) is 37.8 Å². The third-order valence-corrected chi connectivity index (χ3v) is 5.74. The molecule has 2 aliphatic heterocycles. The number of pyridine rings is 1. The first-order chi connectivity index (χ1) is 12.9. The van der Waals surface area contributed by atoms with Crippen molar-refractivity contribution in [1.82, 2.24) is 9.88 Å². The minimum atomic E-state index is -4.40. The Balaban J connectivity index is 0.00000150. The van der Waals surface area contributed by atoms with Gasteiger partial charge in [-0.25, -0.2) is 4.98 Å². The number of halogens is 5. The van der Waals surface area contributed by atoms with Crippen LogP contribution in [0.15, 0.2) is 42.6 Å². The number of ether oxygens (including phenoxy) is 1. The summed E-state index contributed by atoms with van der Waals surface area (Å²) >= 11 is 0. The predicted octanol–water partition coefficient (Wildman–Crippen LogP) is 4.69. The zero-order valence-corrected chi connectivity index (χ0v) is 17.7. The first kappa shape index (κ1) is 23.6. The summed E-state index contributed by atoms with van der Waals surface area (Å²) in [6.07, 6.45) is -2.96. The lowest BCUT2D eigenvalue weighted by Gasteiger charge is -2.28. The fraction of sp³-hybridized carbons (Fsp3) is 0.450. The smallest absolute Gasteiger partial charge is 0.419 e. The van der Waals surface area contributed by atoms with Gasteiger partial charge in [0.15, 0.2) is 0 Å². The van der Waals surface area contributed by atoms with E-state index in [2.05, 4.69) is 16.9 Å². The molecule has 1 aromatic heterocycles. The Morgan fingerprint density at radius 3 is 2.34 bits per heavy atom. The van der Waals surface area contributed by atoms with E-state index in [-0.39, 0.29) is 42.6 Å². The van der Waals surface area contributed by atoms with Crippen LogP contribution in [0.5, 0.6) is 5.75 Å². The molecule has 29 heavy (non-hydrogen) atoms. The molecule has 2 aromatic rings. The van der Waals surface area contributed by atoms with Crippen molar-refractivity contribution in [2.24, 2.45) is 11.8 Å². The van der Waals surface area contributed by atoms with Gasteiger partial charge < -0.3 is 9.64 Å². The molecule has 0 N–H and O–H groups in total. The molecular weight excluding hydrogens is 426 g/mol. The first-order valence-electron chi connectivity index (χ1n) is 9.00. The molecule has 0 saturated carbocycles. The number of likely N-dealkylation sites (tertiary alicyclic amines) is 1. The Morgan fingerprint density at radius 1 is 1.03 bits per heavy atom. The van der Waals surface area contributed by atoms with Crippen LogP contribution in [-0.2, 0) is 6.18 Å². The van der Waals surface area contributed by atoms with Crippen LogP contribution in [0.25, 0.3) is 0 Å². The van der Waals surface area contributed by atoms with Crippen LogP contribution in [-0.4, -0.2) is 43.7 Å². The van der Waals surface area contributed by atoms with Crippen LogP contribution >= 0.6 is 24.8 Å². The number of anilines is 1. The zero-order chi connectivity index (χ0) is 19.2. The van der Waals surface area contributed by atoms with Gasteiger partial charge in [-0.2, -0.15) is 13.2 Å². The quantitative estimate of drug-likeness (QED) is 0.679. The van der Waals surface area contributed by atoms with Crippen molar-refractivity contribution >= 4 is 30.6 Å². The van der Waals surface area contributed by atoms with E-state index in [1.54, 1.807) is 7.11 Å². The normalized spacial score (nSPS) is 23.9. The maximum Gasteiger partial charge on any atom is 0.419 e. The summed E-state index contributed by atoms with van der Waals surface area (Å²) in [4.78, 5) is 8.18. The summed E-state index contributed by atoms with van der Waals surface area (Å²) < 4.78 is 45.4. The Bertz CT molecular complexity index is 819. The van der Waals surface area contributed by atoms with E-state index < -0.39 is 11.7 Å². The van der Waals surface area contributed by atoms with Crippen LogP contribution in [0.3, 0.4) is 0 Å². The molecule has 160 valence electrons. The third kappa shape index (κ3) is 4.42. The summed E-state index contributed by atoms with van der Waals surface area (Å²) in [5, 5.41) is 0. The SMILES string of the molecule is COc1ccc([C@@H]2[C@@H]3CN(c4ncccc4C(F)(F)F)C[C@@H]3CN2C)cc1.Cl.Cl. The van der Waals surface area contributed by atoms with Crippen LogP contribution in [0.2, 0.25) is 0 Å². The fourth-order valence-corrected chi connectivity index (χ4v) is 4.60. The molecular formula is C20H24Cl2F3N3O. The lowest BCUT2D eigenvalue weighted by Crippen LogP contribution is -2.30. The third-order valence-electron chi connectivity index (χ3n) is 5.74. The minimum absolute atomic E-state index is 0. The van der Waals surface area contributed by atoms with Crippen molar-refractivity contribution in [3.05, 3.63) is 53.7 Å². The molecule has 4 rings (SSSR count). The van der Waals surface area contributed by atoms with Gasteiger partial charge in [0.1, 0.15) is 11.6 Å². The highest BCUT2D eigenvalue weighted by molar-refractivity contribution is 5.85. The number of hydrogen-bond acceptors (Lipinski definition) is 4. The van der Waals surface area contributed by atoms with E-state index in [0.29, 0.717) is 19.0 Å². The molecule has 4 nitrogen and oxygen atoms in total. The molecule has 3 heterocycles. The highest BCUT2D eigenvalue weighted by Gasteiger charge is 2.47. The molecule has 0 amide bonds. The van der Waals surface area contributed by atoms with Crippen molar-refractivity contribution in [1.29, 1.82) is 0 Å². The molecule has 2 aliphatic rings. The Hall–Kier alpha value is -1.70. The van der Waals surface area contributed by atoms with E-state index in [0.717, 1.165) is 18.4 Å². The topological polar surface area (TPSA) is 28.6 Å². The van der Waals surface area contributed by atoms with E-state index in [1.807, 2.05) is 29.2 Å². The zero-order valence-electron chi connectivity index (χ0n) is 16.1. The lowest BCUT2D eigenvalue weighted by molar-refractivity contribution is -0.137. The number of alkyl halides is 3. The molecule has 0 radical (unpaired) electrons. The summed E-state index contributed by atoms with van der Waals surface area (Å²) in [6, 6.07) is 10.6. The number of fused-ring (bicyclic) bond motifs is 1. The molecule has 0 aliphatic carbocycles. The molecule has 9 heteroatoms. The Labute approximate surface area is 180 Å². The summed E-state index contributed by atoms with van der Waals surface area (Å²) in [6.45, 7) is 2.04. The summed E-state index contributed by atoms with van der Waals surface area (Å²) in [5.41, 5.74) is 0.518. The van der Waals surface area contributed by atoms with Gasteiger partial charge in [-0.05, 0) is 42.8 Å². The van der Waals surface area contributed by atoms with E-state index in [4.69, 9.17) is 4.74 Å². The largest absolute Gasteiger partial charge is 0.497 e. The van der Waals surface area contributed by atoms with Crippen LogP contribution in [0.1, 0.15) is 17.2 Å². The van der Waals surface area contributed by atoms with Gasteiger partial charge in [0.25, 0.3) is 0 Å². The van der Waals surface area contributed by atoms with Crippen molar-refractivity contribution in [2.75, 3.05) is 38.7 Å². The minimum Gasteiger partial charge on any atom is -0.497 e. The predicted molar refractivity (Wildman–Crippen MR) is 111 cm³/mol.